The molecule has 0 unspecified atom stereocenters. The Kier molecular flexibility index (Phi) is 5.82. The predicted molar refractivity (Wildman–Crippen MR) is 69.9 cm³/mol. The highest BCUT2D eigenvalue weighted by molar-refractivity contribution is 5.77. The Balaban J connectivity index is 2.45. The maximum atomic E-state index is 11.2. The number of hydrogen-bond donors (Lipinski definition) is 2. The highest BCUT2D eigenvalue weighted by Crippen LogP contribution is 2.14. The van der Waals surface area contributed by atoms with Crippen molar-refractivity contribution in [3.05, 3.63) is 35.9 Å². The Bertz CT molecular complexity index is 367. The van der Waals surface area contributed by atoms with E-state index in [0.717, 1.165) is 18.4 Å². The smallest absolute Gasteiger partial charge is 0.325 e. The first-order valence-corrected chi connectivity index (χ1v) is 6.25. The Hall–Kier alpha value is -1.39. The number of benzene rings is 1. The number of nitrogens with one attached hydrogen (secondary N) is 1. The van der Waals surface area contributed by atoms with Crippen LogP contribution in [0.1, 0.15) is 38.7 Å². The highest BCUT2D eigenvalue weighted by atomic mass is 16.6. The van der Waals surface area contributed by atoms with E-state index in [-0.39, 0.29) is 0 Å². The molecule has 0 bridgehead atoms. The van der Waals surface area contributed by atoms with Crippen LogP contribution in [0.2, 0.25) is 0 Å². The van der Waals surface area contributed by atoms with E-state index in [1.807, 2.05) is 37.3 Å². The lowest BCUT2D eigenvalue weighted by atomic mass is 9.96. The summed E-state index contributed by atoms with van der Waals surface area (Å²) in [4.78, 5) is 16.5. The van der Waals surface area contributed by atoms with Crippen LogP contribution in [0.4, 0.5) is 0 Å². The first kappa shape index (κ1) is 14.7. The summed E-state index contributed by atoms with van der Waals surface area (Å²) in [5, 5.41) is 9.21. The van der Waals surface area contributed by atoms with E-state index in [9.17, 15) is 9.90 Å². The molecule has 1 aromatic rings. The molecule has 4 nitrogen and oxygen atoms in total. The van der Waals surface area contributed by atoms with E-state index in [1.54, 1.807) is 6.92 Å². The molecule has 4 heteroatoms. The maximum absolute atomic E-state index is 11.2. The third-order valence-electron chi connectivity index (χ3n) is 2.88. The largest absolute Gasteiger partial charge is 0.480 e. The second kappa shape index (κ2) is 7.13. The summed E-state index contributed by atoms with van der Waals surface area (Å²) in [6.07, 6.45) is 2.36. The van der Waals surface area contributed by atoms with Crippen LogP contribution in [-0.2, 0) is 16.2 Å². The number of aliphatic carboxylic acids is 1. The Morgan fingerprint density at radius 1 is 1.39 bits per heavy atom. The number of carboxylic acids is 1. The van der Waals surface area contributed by atoms with E-state index in [1.165, 1.54) is 0 Å². The Morgan fingerprint density at radius 2 is 2.06 bits per heavy atom. The first-order chi connectivity index (χ1) is 8.58. The van der Waals surface area contributed by atoms with Crippen LogP contribution in [0.25, 0.3) is 0 Å². The van der Waals surface area contributed by atoms with Gasteiger partial charge in [0.05, 0.1) is 6.61 Å². The molecular formula is C14H21NO3. The van der Waals surface area contributed by atoms with Crippen LogP contribution < -0.4 is 5.48 Å². The fraction of sp³-hybridized carbons (Fsp3) is 0.500. The van der Waals surface area contributed by atoms with E-state index in [2.05, 4.69) is 5.48 Å². The Labute approximate surface area is 108 Å². The minimum absolute atomic E-state index is 0.357. The van der Waals surface area contributed by atoms with Gasteiger partial charge in [0.2, 0.25) is 0 Å². The van der Waals surface area contributed by atoms with Gasteiger partial charge in [0.1, 0.15) is 5.54 Å². The molecule has 0 aliphatic rings. The molecule has 0 saturated carbocycles. The molecular weight excluding hydrogens is 230 g/mol. The van der Waals surface area contributed by atoms with Crippen molar-refractivity contribution in [3.8, 4) is 0 Å². The molecule has 1 rings (SSSR count). The van der Waals surface area contributed by atoms with Crippen molar-refractivity contribution < 1.29 is 14.7 Å². The van der Waals surface area contributed by atoms with Crippen molar-refractivity contribution in [2.45, 2.75) is 45.3 Å². The third-order valence-corrected chi connectivity index (χ3v) is 2.88. The van der Waals surface area contributed by atoms with Crippen molar-refractivity contribution in [2.75, 3.05) is 0 Å². The molecule has 0 saturated heterocycles. The second-order valence-corrected chi connectivity index (χ2v) is 4.62. The molecule has 1 atom stereocenters. The van der Waals surface area contributed by atoms with Gasteiger partial charge in [0.15, 0.2) is 0 Å². The fourth-order valence-corrected chi connectivity index (χ4v) is 1.58. The summed E-state index contributed by atoms with van der Waals surface area (Å²) in [6, 6.07) is 9.65. The minimum atomic E-state index is -1.02. The summed E-state index contributed by atoms with van der Waals surface area (Å²) < 4.78 is 0. The van der Waals surface area contributed by atoms with E-state index >= 15 is 0 Å². The van der Waals surface area contributed by atoms with Gasteiger partial charge in [-0.25, -0.2) is 0 Å². The van der Waals surface area contributed by atoms with Crippen LogP contribution in [0.5, 0.6) is 0 Å². The molecule has 0 radical (unpaired) electrons. The summed E-state index contributed by atoms with van der Waals surface area (Å²) in [6.45, 7) is 4.04. The lowest BCUT2D eigenvalue weighted by molar-refractivity contribution is -0.153. The molecule has 18 heavy (non-hydrogen) atoms. The van der Waals surface area contributed by atoms with Gasteiger partial charge in [-0.05, 0) is 18.9 Å². The lowest BCUT2D eigenvalue weighted by Crippen LogP contribution is -2.49. The van der Waals surface area contributed by atoms with Gasteiger partial charge >= 0.3 is 5.97 Å². The third kappa shape index (κ3) is 4.47. The van der Waals surface area contributed by atoms with E-state index in [0.29, 0.717) is 13.0 Å². The molecule has 0 aliphatic carbocycles. The minimum Gasteiger partial charge on any atom is -0.480 e. The van der Waals surface area contributed by atoms with Gasteiger partial charge < -0.3 is 5.11 Å². The average Bonchev–Trinajstić information content (AvgIpc) is 2.37. The zero-order chi connectivity index (χ0) is 13.4. The molecule has 1 aromatic carbocycles. The molecule has 2 N–H and O–H groups in total. The van der Waals surface area contributed by atoms with Gasteiger partial charge in [0, 0.05) is 0 Å². The molecule has 0 heterocycles. The monoisotopic (exact) mass is 251 g/mol. The van der Waals surface area contributed by atoms with Crippen molar-refractivity contribution in [2.24, 2.45) is 0 Å². The number of hydroxylamine groups is 1. The quantitative estimate of drug-likeness (QED) is 0.697. The highest BCUT2D eigenvalue weighted by Gasteiger charge is 2.32. The van der Waals surface area contributed by atoms with E-state index < -0.39 is 11.5 Å². The molecule has 0 spiro atoms. The van der Waals surface area contributed by atoms with Crippen molar-refractivity contribution in [1.82, 2.24) is 5.48 Å². The molecule has 0 aromatic heterocycles. The van der Waals surface area contributed by atoms with Gasteiger partial charge in [-0.15, -0.1) is 0 Å². The maximum Gasteiger partial charge on any atom is 0.325 e. The van der Waals surface area contributed by atoms with E-state index in [4.69, 9.17) is 4.84 Å². The van der Waals surface area contributed by atoms with Gasteiger partial charge in [-0.1, -0.05) is 50.1 Å². The van der Waals surface area contributed by atoms with Crippen LogP contribution >= 0.6 is 0 Å². The topological polar surface area (TPSA) is 58.6 Å². The zero-order valence-electron chi connectivity index (χ0n) is 11.0. The summed E-state index contributed by atoms with van der Waals surface area (Å²) in [5.41, 5.74) is 2.66. The fourth-order valence-electron chi connectivity index (χ4n) is 1.58. The standard InChI is InChI=1S/C14H21NO3/c1-3-4-10-14(2,13(16)17)15-18-11-12-8-6-5-7-9-12/h5-9,15H,3-4,10-11H2,1-2H3,(H,16,17)/t14-/m1/s1. The molecule has 0 fully saturated rings. The van der Waals surface area contributed by atoms with Gasteiger partial charge in [-0.3, -0.25) is 9.63 Å². The van der Waals surface area contributed by atoms with Crippen molar-refractivity contribution in [3.63, 3.8) is 0 Å². The summed E-state index contributed by atoms with van der Waals surface area (Å²) >= 11 is 0. The number of carbonyl (C=O) groups is 1. The lowest BCUT2D eigenvalue weighted by Gasteiger charge is -2.25. The predicted octanol–water partition coefficient (Wildman–Crippen LogP) is 2.74. The van der Waals surface area contributed by atoms with Crippen molar-refractivity contribution >= 4 is 5.97 Å². The van der Waals surface area contributed by atoms with Crippen molar-refractivity contribution in [1.29, 1.82) is 0 Å². The van der Waals surface area contributed by atoms with Crippen LogP contribution in [0, 0.1) is 0 Å². The van der Waals surface area contributed by atoms with Crippen LogP contribution in [-0.4, -0.2) is 16.6 Å². The molecule has 0 aliphatic heterocycles. The molecule has 0 amide bonds. The van der Waals surface area contributed by atoms with Crippen LogP contribution in [0.15, 0.2) is 30.3 Å². The Morgan fingerprint density at radius 3 is 2.61 bits per heavy atom. The zero-order valence-corrected chi connectivity index (χ0v) is 11.0. The summed E-state index contributed by atoms with van der Waals surface area (Å²) in [5.74, 6) is -0.885. The average molecular weight is 251 g/mol. The van der Waals surface area contributed by atoms with Gasteiger partial charge in [0.25, 0.3) is 0 Å². The first-order valence-electron chi connectivity index (χ1n) is 6.25. The summed E-state index contributed by atoms with van der Waals surface area (Å²) in [7, 11) is 0. The van der Waals surface area contributed by atoms with Crippen LogP contribution in [0.3, 0.4) is 0 Å². The number of unbranched alkanes of at least 4 members (excludes halogenated alkanes) is 1. The molecule has 100 valence electrons. The second-order valence-electron chi connectivity index (χ2n) is 4.62. The number of carboxylic acid groups (broad SMARTS) is 1. The number of hydrogen-bond acceptors (Lipinski definition) is 3. The normalized spacial score (nSPS) is 14.1. The number of rotatable bonds is 8. The van der Waals surface area contributed by atoms with Gasteiger partial charge in [-0.2, -0.15) is 5.48 Å². The SMILES string of the molecule is CCCC[C@@](C)(NOCc1ccccc1)C(=O)O.